The fourth-order valence-electron chi connectivity index (χ4n) is 1.53. The lowest BCUT2D eigenvalue weighted by Gasteiger charge is -2.07. The van der Waals surface area contributed by atoms with Crippen molar-refractivity contribution in [2.75, 3.05) is 7.11 Å². The smallest absolute Gasteiger partial charge is 0.346 e. The minimum atomic E-state index is -0.934. The molecular weight excluding hydrogens is 253 g/mol. The zero-order chi connectivity index (χ0) is 13.8. The van der Waals surface area contributed by atoms with Gasteiger partial charge in [-0.05, 0) is 36.4 Å². The summed E-state index contributed by atoms with van der Waals surface area (Å²) in [4.78, 5) is 9.99. The third-order valence-corrected chi connectivity index (χ3v) is 2.42. The van der Waals surface area contributed by atoms with Crippen LogP contribution in [0.25, 0.3) is 0 Å². The maximum atomic E-state index is 13.4. The zero-order valence-electron chi connectivity index (χ0n) is 10.00. The standard InChI is InChI=1S/C13H10FNO4/c1-18-9-5-7-10(8-6-9)19-12-4-2-3-11(14)13(12)15(16)17/h2-8H,1H3. The van der Waals surface area contributed by atoms with Crippen molar-refractivity contribution in [2.45, 2.75) is 0 Å². The predicted molar refractivity (Wildman–Crippen MR) is 66.1 cm³/mol. The van der Waals surface area contributed by atoms with Crippen LogP contribution in [0.4, 0.5) is 10.1 Å². The largest absolute Gasteiger partial charge is 0.497 e. The number of halogens is 1. The zero-order valence-corrected chi connectivity index (χ0v) is 10.00. The number of hydrogen-bond donors (Lipinski definition) is 0. The highest BCUT2D eigenvalue weighted by molar-refractivity contribution is 5.49. The summed E-state index contributed by atoms with van der Waals surface area (Å²) in [5.74, 6) is -0.0956. The van der Waals surface area contributed by atoms with E-state index in [2.05, 4.69) is 0 Å². The molecule has 2 aromatic rings. The Bertz CT molecular complexity index is 598. The van der Waals surface area contributed by atoms with E-state index < -0.39 is 16.4 Å². The number of ether oxygens (including phenoxy) is 2. The van der Waals surface area contributed by atoms with Gasteiger partial charge in [-0.3, -0.25) is 10.1 Å². The lowest BCUT2D eigenvalue weighted by Crippen LogP contribution is -1.96. The first-order valence-corrected chi connectivity index (χ1v) is 5.36. The Labute approximate surface area is 108 Å². The fourth-order valence-corrected chi connectivity index (χ4v) is 1.53. The maximum absolute atomic E-state index is 13.4. The molecule has 0 atom stereocenters. The van der Waals surface area contributed by atoms with Crippen LogP contribution in [-0.2, 0) is 0 Å². The molecule has 0 radical (unpaired) electrons. The summed E-state index contributed by atoms with van der Waals surface area (Å²) in [7, 11) is 1.52. The van der Waals surface area contributed by atoms with Crippen molar-refractivity contribution in [3.8, 4) is 17.2 Å². The van der Waals surface area contributed by atoms with Crippen LogP contribution in [0.15, 0.2) is 42.5 Å². The summed E-state index contributed by atoms with van der Waals surface area (Å²) in [6.07, 6.45) is 0. The van der Waals surface area contributed by atoms with Gasteiger partial charge in [0.15, 0.2) is 0 Å². The van der Waals surface area contributed by atoms with Crippen LogP contribution in [0.1, 0.15) is 0 Å². The van der Waals surface area contributed by atoms with Crippen LogP contribution in [0.5, 0.6) is 17.2 Å². The first-order valence-electron chi connectivity index (χ1n) is 5.36. The van der Waals surface area contributed by atoms with E-state index in [1.807, 2.05) is 0 Å². The molecule has 0 N–H and O–H groups in total. The Morgan fingerprint density at radius 2 is 1.74 bits per heavy atom. The molecule has 6 heteroatoms. The molecule has 0 aliphatic rings. The van der Waals surface area contributed by atoms with Crippen molar-refractivity contribution in [3.63, 3.8) is 0 Å². The van der Waals surface area contributed by atoms with Gasteiger partial charge in [-0.2, -0.15) is 4.39 Å². The maximum Gasteiger partial charge on any atom is 0.346 e. The van der Waals surface area contributed by atoms with E-state index in [-0.39, 0.29) is 5.75 Å². The van der Waals surface area contributed by atoms with Crippen LogP contribution in [0.3, 0.4) is 0 Å². The average Bonchev–Trinajstić information content (AvgIpc) is 2.39. The van der Waals surface area contributed by atoms with Gasteiger partial charge in [-0.1, -0.05) is 6.07 Å². The van der Waals surface area contributed by atoms with E-state index in [1.165, 1.54) is 19.2 Å². The third kappa shape index (κ3) is 2.79. The SMILES string of the molecule is COc1ccc(Oc2cccc(F)c2[N+](=O)[O-])cc1. The number of benzene rings is 2. The van der Waals surface area contributed by atoms with Crippen LogP contribution in [0, 0.1) is 15.9 Å². The Morgan fingerprint density at radius 1 is 1.11 bits per heavy atom. The second-order valence-corrected chi connectivity index (χ2v) is 3.62. The molecule has 5 nitrogen and oxygen atoms in total. The van der Waals surface area contributed by atoms with Crippen LogP contribution < -0.4 is 9.47 Å². The lowest BCUT2D eigenvalue weighted by atomic mass is 10.2. The minimum Gasteiger partial charge on any atom is -0.497 e. The molecule has 98 valence electrons. The van der Waals surface area contributed by atoms with Gasteiger partial charge in [-0.15, -0.1) is 0 Å². The number of nitro benzene ring substituents is 1. The highest BCUT2D eigenvalue weighted by atomic mass is 19.1. The number of rotatable bonds is 4. The summed E-state index contributed by atoms with van der Waals surface area (Å²) in [6, 6.07) is 10.1. The summed E-state index contributed by atoms with van der Waals surface area (Å²) in [6.45, 7) is 0. The van der Waals surface area contributed by atoms with E-state index in [0.717, 1.165) is 6.07 Å². The van der Waals surface area contributed by atoms with E-state index in [4.69, 9.17) is 9.47 Å². The molecule has 0 bridgehead atoms. The van der Waals surface area contributed by atoms with Crippen molar-refractivity contribution in [2.24, 2.45) is 0 Å². The number of hydrogen-bond acceptors (Lipinski definition) is 4. The Morgan fingerprint density at radius 3 is 2.32 bits per heavy atom. The van der Waals surface area contributed by atoms with Gasteiger partial charge >= 0.3 is 5.69 Å². The van der Waals surface area contributed by atoms with Gasteiger partial charge in [0.25, 0.3) is 0 Å². The second-order valence-electron chi connectivity index (χ2n) is 3.62. The topological polar surface area (TPSA) is 61.6 Å². The molecule has 2 rings (SSSR count). The molecule has 0 saturated heterocycles. The Hall–Kier alpha value is -2.63. The summed E-state index contributed by atoms with van der Waals surface area (Å²) < 4.78 is 23.7. The molecule has 0 fully saturated rings. The molecule has 0 spiro atoms. The molecule has 2 aromatic carbocycles. The van der Waals surface area contributed by atoms with Gasteiger partial charge in [0, 0.05) is 0 Å². The molecule has 0 heterocycles. The molecule has 0 aliphatic carbocycles. The highest BCUT2D eigenvalue weighted by Gasteiger charge is 2.21. The van der Waals surface area contributed by atoms with Gasteiger partial charge in [0.05, 0.1) is 12.0 Å². The molecular formula is C13H10FNO4. The van der Waals surface area contributed by atoms with Gasteiger partial charge in [0.2, 0.25) is 11.6 Å². The van der Waals surface area contributed by atoms with E-state index >= 15 is 0 Å². The van der Waals surface area contributed by atoms with Crippen molar-refractivity contribution in [3.05, 3.63) is 58.4 Å². The molecule has 0 aromatic heterocycles. The van der Waals surface area contributed by atoms with E-state index in [0.29, 0.717) is 11.5 Å². The highest BCUT2D eigenvalue weighted by Crippen LogP contribution is 2.33. The second kappa shape index (κ2) is 5.34. The van der Waals surface area contributed by atoms with Gasteiger partial charge < -0.3 is 9.47 Å². The number of methoxy groups -OCH3 is 1. The predicted octanol–water partition coefficient (Wildman–Crippen LogP) is 3.53. The molecule has 0 unspecified atom stereocenters. The molecule has 0 aliphatic heterocycles. The quantitative estimate of drug-likeness (QED) is 0.625. The Kier molecular flexibility index (Phi) is 3.61. The van der Waals surface area contributed by atoms with Crippen molar-refractivity contribution in [1.29, 1.82) is 0 Å². The third-order valence-electron chi connectivity index (χ3n) is 2.42. The summed E-state index contributed by atoms with van der Waals surface area (Å²) in [5, 5.41) is 10.8. The summed E-state index contributed by atoms with van der Waals surface area (Å²) >= 11 is 0. The van der Waals surface area contributed by atoms with E-state index in [9.17, 15) is 14.5 Å². The first-order chi connectivity index (χ1) is 9.11. The van der Waals surface area contributed by atoms with Crippen LogP contribution >= 0.6 is 0 Å². The summed E-state index contributed by atoms with van der Waals surface area (Å²) in [5.41, 5.74) is -0.682. The van der Waals surface area contributed by atoms with E-state index in [1.54, 1.807) is 24.3 Å². The van der Waals surface area contributed by atoms with Crippen molar-refractivity contribution >= 4 is 5.69 Å². The number of para-hydroxylation sites is 1. The Balaban J connectivity index is 2.32. The molecule has 19 heavy (non-hydrogen) atoms. The molecule has 0 amide bonds. The van der Waals surface area contributed by atoms with Gasteiger partial charge in [-0.25, -0.2) is 0 Å². The van der Waals surface area contributed by atoms with Crippen molar-refractivity contribution in [1.82, 2.24) is 0 Å². The van der Waals surface area contributed by atoms with Crippen LogP contribution in [0.2, 0.25) is 0 Å². The normalized spacial score (nSPS) is 10.0. The number of nitrogens with zero attached hydrogens (tertiary/aromatic N) is 1. The van der Waals surface area contributed by atoms with Gasteiger partial charge in [0.1, 0.15) is 11.5 Å². The number of nitro groups is 1. The average molecular weight is 263 g/mol. The van der Waals surface area contributed by atoms with Crippen LogP contribution in [-0.4, -0.2) is 12.0 Å². The molecule has 0 saturated carbocycles. The monoisotopic (exact) mass is 263 g/mol. The van der Waals surface area contributed by atoms with Crippen molar-refractivity contribution < 1.29 is 18.8 Å². The lowest BCUT2D eigenvalue weighted by molar-refractivity contribution is -0.388. The first kappa shape index (κ1) is 12.8. The fraction of sp³-hybridized carbons (Fsp3) is 0.0769. The minimum absolute atomic E-state index is 0.143.